The Labute approximate surface area is 187 Å². The second-order valence-corrected chi connectivity index (χ2v) is 9.22. The Morgan fingerprint density at radius 3 is 2.42 bits per heavy atom. The number of nitrogens with one attached hydrogen (secondary N) is 2. The summed E-state index contributed by atoms with van der Waals surface area (Å²) in [6.07, 6.45) is 0. The third-order valence-electron chi connectivity index (χ3n) is 4.89. The van der Waals surface area contributed by atoms with Crippen LogP contribution in [0, 0.1) is 26.7 Å². The number of para-hydroxylation sites is 2. The van der Waals surface area contributed by atoms with E-state index in [1.165, 1.54) is 11.8 Å². The van der Waals surface area contributed by atoms with Crippen molar-refractivity contribution in [2.75, 3.05) is 17.6 Å². The highest BCUT2D eigenvalue weighted by molar-refractivity contribution is 7.99. The number of hydrogen-bond acceptors (Lipinski definition) is 4. The summed E-state index contributed by atoms with van der Waals surface area (Å²) in [5.41, 5.74) is 5.98. The average Bonchev–Trinajstić information content (AvgIpc) is 3.04. The van der Waals surface area contributed by atoms with Gasteiger partial charge in [0.05, 0.1) is 23.3 Å². The summed E-state index contributed by atoms with van der Waals surface area (Å²) >= 11 is 1.39. The van der Waals surface area contributed by atoms with Crippen molar-refractivity contribution in [2.24, 2.45) is 5.92 Å². The predicted molar refractivity (Wildman–Crippen MR) is 128 cm³/mol. The molecule has 7 heteroatoms. The molecule has 0 atom stereocenters. The van der Waals surface area contributed by atoms with Crippen LogP contribution in [0.5, 0.6) is 0 Å². The topological polar surface area (TPSA) is 76.0 Å². The molecule has 0 radical (unpaired) electrons. The van der Waals surface area contributed by atoms with E-state index >= 15 is 0 Å². The van der Waals surface area contributed by atoms with Crippen LogP contribution in [0.2, 0.25) is 0 Å². The van der Waals surface area contributed by atoms with Gasteiger partial charge in [-0.05, 0) is 49.9 Å². The minimum absolute atomic E-state index is 0.0610. The van der Waals surface area contributed by atoms with E-state index in [0.717, 1.165) is 45.1 Å². The summed E-state index contributed by atoms with van der Waals surface area (Å²) < 4.78 is 2.16. The van der Waals surface area contributed by atoms with Gasteiger partial charge >= 0.3 is 0 Å². The van der Waals surface area contributed by atoms with Crippen molar-refractivity contribution in [3.8, 4) is 0 Å². The molecule has 164 valence electrons. The molecule has 31 heavy (non-hydrogen) atoms. The molecule has 0 saturated heterocycles. The molecule has 2 N–H and O–H groups in total. The Morgan fingerprint density at radius 1 is 1.06 bits per heavy atom. The van der Waals surface area contributed by atoms with Gasteiger partial charge in [0.15, 0.2) is 5.16 Å². The van der Waals surface area contributed by atoms with Crippen molar-refractivity contribution in [3.63, 3.8) is 0 Å². The van der Waals surface area contributed by atoms with Gasteiger partial charge in [0, 0.05) is 12.2 Å². The molecule has 0 fully saturated rings. The molecule has 3 aromatic rings. The smallest absolute Gasteiger partial charge is 0.243 e. The van der Waals surface area contributed by atoms with E-state index in [0.29, 0.717) is 5.92 Å². The van der Waals surface area contributed by atoms with Crippen molar-refractivity contribution in [1.29, 1.82) is 0 Å². The Balaban J connectivity index is 1.57. The van der Waals surface area contributed by atoms with Crippen LogP contribution in [-0.2, 0) is 16.1 Å². The van der Waals surface area contributed by atoms with Gasteiger partial charge < -0.3 is 15.2 Å². The van der Waals surface area contributed by atoms with Crippen LogP contribution in [0.4, 0.5) is 5.69 Å². The van der Waals surface area contributed by atoms with Crippen molar-refractivity contribution >= 4 is 40.3 Å². The molecular formula is C24H30N4O2S. The number of fused-ring (bicyclic) bond motifs is 1. The molecule has 2 aromatic carbocycles. The fourth-order valence-electron chi connectivity index (χ4n) is 3.63. The Hall–Kier alpha value is -2.80. The maximum atomic E-state index is 12.4. The predicted octanol–water partition coefficient (Wildman–Crippen LogP) is 4.46. The van der Waals surface area contributed by atoms with E-state index in [9.17, 15) is 9.59 Å². The SMILES string of the molecule is Cc1cc(C)c(NC(=O)CNC(=O)CSc2nc3ccccc3n2CC(C)C)c(C)c1. The number of anilines is 1. The number of carbonyl (C=O) groups is 2. The Kier molecular flexibility index (Phi) is 7.38. The highest BCUT2D eigenvalue weighted by Gasteiger charge is 2.15. The van der Waals surface area contributed by atoms with Gasteiger partial charge in [-0.1, -0.05) is 55.4 Å². The molecule has 0 unspecified atom stereocenters. The number of aryl methyl sites for hydroxylation is 3. The average molecular weight is 439 g/mol. The van der Waals surface area contributed by atoms with Crippen molar-refractivity contribution < 1.29 is 9.59 Å². The molecule has 0 spiro atoms. The molecule has 1 heterocycles. The van der Waals surface area contributed by atoms with E-state index in [1.54, 1.807) is 0 Å². The fraction of sp³-hybridized carbons (Fsp3) is 0.375. The molecule has 0 saturated carbocycles. The lowest BCUT2D eigenvalue weighted by molar-refractivity contribution is -0.122. The number of aromatic nitrogens is 2. The highest BCUT2D eigenvalue weighted by atomic mass is 32.2. The van der Waals surface area contributed by atoms with Crippen LogP contribution in [0.3, 0.4) is 0 Å². The second-order valence-electron chi connectivity index (χ2n) is 8.27. The van der Waals surface area contributed by atoms with Gasteiger partial charge in [0.25, 0.3) is 0 Å². The number of thioether (sulfide) groups is 1. The van der Waals surface area contributed by atoms with E-state index in [1.807, 2.05) is 57.2 Å². The van der Waals surface area contributed by atoms with Gasteiger partial charge in [-0.15, -0.1) is 0 Å². The van der Waals surface area contributed by atoms with E-state index in [4.69, 9.17) is 0 Å². The summed E-state index contributed by atoms with van der Waals surface area (Å²) in [5.74, 6) is 0.237. The van der Waals surface area contributed by atoms with Crippen LogP contribution in [-0.4, -0.2) is 33.7 Å². The van der Waals surface area contributed by atoms with Gasteiger partial charge in [0.1, 0.15) is 0 Å². The third kappa shape index (κ3) is 5.88. The second kappa shape index (κ2) is 10.0. The lowest BCUT2D eigenvalue weighted by Gasteiger charge is -2.13. The normalized spacial score (nSPS) is 11.2. The first kappa shape index (κ1) is 22.9. The lowest BCUT2D eigenvalue weighted by Crippen LogP contribution is -2.34. The van der Waals surface area contributed by atoms with E-state index in [2.05, 4.69) is 34.0 Å². The molecule has 0 aliphatic heterocycles. The number of imidazole rings is 1. The standard InChI is InChI=1S/C24H30N4O2S/c1-15(2)13-28-20-9-7-6-8-19(20)26-24(28)31-14-22(30)25-12-21(29)27-23-17(4)10-16(3)11-18(23)5/h6-11,15H,12-14H2,1-5H3,(H,25,30)(H,27,29). The van der Waals surface area contributed by atoms with E-state index in [-0.39, 0.29) is 24.1 Å². The zero-order valence-corrected chi connectivity index (χ0v) is 19.6. The Bertz CT molecular complexity index is 1080. The summed E-state index contributed by atoms with van der Waals surface area (Å²) in [6, 6.07) is 12.1. The molecular weight excluding hydrogens is 408 g/mol. The van der Waals surface area contributed by atoms with Crippen molar-refractivity contribution in [3.05, 3.63) is 53.1 Å². The first-order valence-corrected chi connectivity index (χ1v) is 11.5. The summed E-state index contributed by atoms with van der Waals surface area (Å²) in [5, 5.41) is 6.43. The molecule has 3 rings (SSSR count). The lowest BCUT2D eigenvalue weighted by atomic mass is 10.1. The first-order chi connectivity index (χ1) is 14.7. The first-order valence-electron chi connectivity index (χ1n) is 10.5. The molecule has 6 nitrogen and oxygen atoms in total. The van der Waals surface area contributed by atoms with Crippen molar-refractivity contribution in [2.45, 2.75) is 46.3 Å². The van der Waals surface area contributed by atoms with Crippen LogP contribution in [0.15, 0.2) is 41.6 Å². The maximum Gasteiger partial charge on any atom is 0.243 e. The quantitative estimate of drug-likeness (QED) is 0.509. The number of amides is 2. The van der Waals surface area contributed by atoms with Crippen LogP contribution in [0.25, 0.3) is 11.0 Å². The number of benzene rings is 2. The van der Waals surface area contributed by atoms with Crippen LogP contribution < -0.4 is 10.6 Å². The van der Waals surface area contributed by atoms with Gasteiger partial charge in [-0.25, -0.2) is 4.98 Å². The summed E-state index contributed by atoms with van der Waals surface area (Å²) in [6.45, 7) is 11.1. The minimum atomic E-state index is -0.236. The monoisotopic (exact) mass is 438 g/mol. The largest absolute Gasteiger partial charge is 0.346 e. The van der Waals surface area contributed by atoms with Crippen molar-refractivity contribution in [1.82, 2.24) is 14.9 Å². The number of nitrogens with zero attached hydrogens (tertiary/aromatic N) is 2. The maximum absolute atomic E-state index is 12.4. The van der Waals surface area contributed by atoms with Crippen LogP contribution in [0.1, 0.15) is 30.5 Å². The number of hydrogen-bond donors (Lipinski definition) is 2. The zero-order valence-electron chi connectivity index (χ0n) is 18.8. The van der Waals surface area contributed by atoms with E-state index < -0.39 is 0 Å². The fourth-order valence-corrected chi connectivity index (χ4v) is 4.48. The number of rotatable bonds is 8. The molecule has 0 bridgehead atoms. The molecule has 1 aromatic heterocycles. The van der Waals surface area contributed by atoms with Gasteiger partial charge in [0.2, 0.25) is 11.8 Å². The highest BCUT2D eigenvalue weighted by Crippen LogP contribution is 2.25. The van der Waals surface area contributed by atoms with Gasteiger partial charge in [-0.2, -0.15) is 0 Å². The summed E-state index contributed by atoms with van der Waals surface area (Å²) in [7, 11) is 0. The third-order valence-corrected chi connectivity index (χ3v) is 5.86. The summed E-state index contributed by atoms with van der Waals surface area (Å²) in [4.78, 5) is 29.4. The molecule has 0 aliphatic rings. The molecule has 0 aliphatic carbocycles. The molecule has 2 amide bonds. The van der Waals surface area contributed by atoms with Crippen LogP contribution >= 0.6 is 11.8 Å². The Morgan fingerprint density at radius 2 is 1.74 bits per heavy atom. The minimum Gasteiger partial charge on any atom is -0.346 e. The van der Waals surface area contributed by atoms with Gasteiger partial charge in [-0.3, -0.25) is 9.59 Å². The number of carbonyl (C=O) groups excluding carboxylic acids is 2. The zero-order chi connectivity index (χ0) is 22.5.